The van der Waals surface area contributed by atoms with Crippen LogP contribution in [-0.4, -0.2) is 33.9 Å². The smallest absolute Gasteiger partial charge is 0.305 e. The van der Waals surface area contributed by atoms with Gasteiger partial charge in [0.05, 0.1) is 12.5 Å². The molecular formula is C26H29N3O4. The van der Waals surface area contributed by atoms with Crippen molar-refractivity contribution in [3.8, 4) is 0 Å². The summed E-state index contributed by atoms with van der Waals surface area (Å²) in [7, 11) is 0. The fraction of sp³-hybridized carbons (Fsp3) is 0.308. The van der Waals surface area contributed by atoms with Crippen LogP contribution in [0.2, 0.25) is 0 Å². The van der Waals surface area contributed by atoms with Gasteiger partial charge in [0.25, 0.3) is 5.91 Å². The molecule has 0 aliphatic rings. The molecule has 0 saturated carbocycles. The summed E-state index contributed by atoms with van der Waals surface area (Å²) in [4.78, 5) is 41.7. The number of nitrogens with zero attached hydrogens (tertiary/aromatic N) is 1. The summed E-state index contributed by atoms with van der Waals surface area (Å²) >= 11 is 0. The molecule has 2 unspecified atom stereocenters. The van der Waals surface area contributed by atoms with Crippen molar-refractivity contribution in [2.24, 2.45) is 5.92 Å². The highest BCUT2D eigenvalue weighted by Gasteiger charge is 2.27. The molecule has 7 heteroatoms. The van der Waals surface area contributed by atoms with Crippen LogP contribution in [0.25, 0.3) is 10.8 Å². The Labute approximate surface area is 193 Å². The number of aliphatic carboxylic acids is 1. The zero-order chi connectivity index (χ0) is 24.0. The van der Waals surface area contributed by atoms with Crippen LogP contribution in [0.15, 0.2) is 60.8 Å². The van der Waals surface area contributed by atoms with E-state index in [1.165, 1.54) is 0 Å². The summed E-state index contributed by atoms with van der Waals surface area (Å²) in [6.45, 7) is 5.84. The van der Waals surface area contributed by atoms with Crippen molar-refractivity contribution in [2.45, 2.75) is 45.7 Å². The predicted molar refractivity (Wildman–Crippen MR) is 127 cm³/mol. The summed E-state index contributed by atoms with van der Waals surface area (Å²) < 4.78 is 0. The first-order valence-electron chi connectivity index (χ1n) is 11.0. The molecular weight excluding hydrogens is 418 g/mol. The summed E-state index contributed by atoms with van der Waals surface area (Å²) in [5, 5.41) is 16.8. The van der Waals surface area contributed by atoms with Gasteiger partial charge in [-0.25, -0.2) is 0 Å². The minimum Gasteiger partial charge on any atom is -0.481 e. The molecule has 0 bridgehead atoms. The lowest BCUT2D eigenvalue weighted by atomic mass is 9.99. The zero-order valence-corrected chi connectivity index (χ0v) is 19.0. The number of aryl methyl sites for hydroxylation is 1. The average Bonchev–Trinajstić information content (AvgIpc) is 2.77. The normalized spacial score (nSPS) is 12.8. The number of hydrogen-bond donors (Lipinski definition) is 3. The molecule has 2 aromatic carbocycles. The van der Waals surface area contributed by atoms with Crippen LogP contribution in [0, 0.1) is 12.8 Å². The molecule has 7 nitrogen and oxygen atoms in total. The number of amides is 2. The van der Waals surface area contributed by atoms with Gasteiger partial charge in [0.1, 0.15) is 11.7 Å². The van der Waals surface area contributed by atoms with E-state index in [2.05, 4.69) is 15.6 Å². The van der Waals surface area contributed by atoms with Gasteiger partial charge in [-0.3, -0.25) is 19.4 Å². The second-order valence-electron chi connectivity index (χ2n) is 8.64. The standard InChI is InChI=1S/C26H29N3O4/c1-16(2)12-23(29-25(32)22-13-19-6-4-5-7-20(19)15-27-22)26(33)28-21(14-24(30)31)18-10-8-17(3)9-11-18/h4-11,13,15-16,21,23H,12,14H2,1-3H3,(H,28,33)(H,29,32)(H,30,31). The highest BCUT2D eigenvalue weighted by atomic mass is 16.4. The molecule has 0 fully saturated rings. The van der Waals surface area contributed by atoms with Crippen LogP contribution in [0.3, 0.4) is 0 Å². The van der Waals surface area contributed by atoms with Crippen molar-refractivity contribution >= 4 is 28.6 Å². The molecule has 0 aliphatic carbocycles. The molecule has 3 rings (SSSR count). The number of nitrogens with one attached hydrogen (secondary N) is 2. The molecule has 3 N–H and O–H groups in total. The van der Waals surface area contributed by atoms with Crippen molar-refractivity contribution in [3.05, 3.63) is 77.6 Å². The molecule has 0 aliphatic heterocycles. The van der Waals surface area contributed by atoms with Gasteiger partial charge in [-0.05, 0) is 36.3 Å². The fourth-order valence-electron chi connectivity index (χ4n) is 3.64. The second-order valence-corrected chi connectivity index (χ2v) is 8.64. The van der Waals surface area contributed by atoms with E-state index in [4.69, 9.17) is 0 Å². The lowest BCUT2D eigenvalue weighted by Crippen LogP contribution is -2.48. The molecule has 1 heterocycles. The molecule has 172 valence electrons. The van der Waals surface area contributed by atoms with Crippen molar-refractivity contribution in [1.29, 1.82) is 0 Å². The first-order valence-corrected chi connectivity index (χ1v) is 11.0. The predicted octanol–water partition coefficient (Wildman–Crippen LogP) is 4.02. The monoisotopic (exact) mass is 447 g/mol. The number of benzene rings is 2. The van der Waals surface area contributed by atoms with Gasteiger partial charge >= 0.3 is 5.97 Å². The number of carbonyl (C=O) groups excluding carboxylic acids is 2. The topological polar surface area (TPSA) is 108 Å². The number of rotatable bonds is 9. The van der Waals surface area contributed by atoms with Crippen molar-refractivity contribution in [2.75, 3.05) is 0 Å². The highest BCUT2D eigenvalue weighted by molar-refractivity contribution is 5.98. The number of carboxylic acid groups (broad SMARTS) is 1. The van der Waals surface area contributed by atoms with Crippen molar-refractivity contribution in [1.82, 2.24) is 15.6 Å². The maximum absolute atomic E-state index is 13.2. The Morgan fingerprint density at radius 2 is 1.64 bits per heavy atom. The maximum Gasteiger partial charge on any atom is 0.305 e. The fourth-order valence-corrected chi connectivity index (χ4v) is 3.64. The van der Waals surface area contributed by atoms with Gasteiger partial charge in [0.2, 0.25) is 5.91 Å². The van der Waals surface area contributed by atoms with Crippen LogP contribution < -0.4 is 10.6 Å². The van der Waals surface area contributed by atoms with Crippen LogP contribution in [0.4, 0.5) is 0 Å². The van der Waals surface area contributed by atoms with Crippen LogP contribution in [0.5, 0.6) is 0 Å². The van der Waals surface area contributed by atoms with Gasteiger partial charge in [-0.1, -0.05) is 67.9 Å². The minimum absolute atomic E-state index is 0.128. The van der Waals surface area contributed by atoms with Gasteiger partial charge < -0.3 is 15.7 Å². The first-order chi connectivity index (χ1) is 15.7. The van der Waals surface area contributed by atoms with Crippen molar-refractivity contribution in [3.63, 3.8) is 0 Å². The average molecular weight is 448 g/mol. The number of carboxylic acids is 1. The summed E-state index contributed by atoms with van der Waals surface area (Å²) in [5.74, 6) is -1.77. The Hall–Kier alpha value is -3.74. The summed E-state index contributed by atoms with van der Waals surface area (Å²) in [5.41, 5.74) is 1.95. The summed E-state index contributed by atoms with van der Waals surface area (Å²) in [6, 6.07) is 15.1. The van der Waals surface area contributed by atoms with E-state index in [1.54, 1.807) is 24.4 Å². The van der Waals surface area contributed by atoms with Crippen molar-refractivity contribution < 1.29 is 19.5 Å². The molecule has 2 amide bonds. The third kappa shape index (κ3) is 6.62. The lowest BCUT2D eigenvalue weighted by Gasteiger charge is -2.24. The largest absolute Gasteiger partial charge is 0.481 e. The van der Waals surface area contributed by atoms with E-state index in [0.717, 1.165) is 16.3 Å². The van der Waals surface area contributed by atoms with E-state index in [9.17, 15) is 19.5 Å². The van der Waals surface area contributed by atoms with Gasteiger partial charge in [0, 0.05) is 11.6 Å². The van der Waals surface area contributed by atoms with E-state index in [1.807, 2.05) is 57.2 Å². The quantitative estimate of drug-likeness (QED) is 0.459. The van der Waals surface area contributed by atoms with E-state index < -0.39 is 29.9 Å². The third-order valence-electron chi connectivity index (χ3n) is 5.37. The number of carbonyl (C=O) groups is 3. The maximum atomic E-state index is 13.2. The number of pyridine rings is 1. The molecule has 1 aromatic heterocycles. The molecule has 0 spiro atoms. The number of fused-ring (bicyclic) bond motifs is 1. The van der Waals surface area contributed by atoms with Gasteiger partial charge in [-0.15, -0.1) is 0 Å². The third-order valence-corrected chi connectivity index (χ3v) is 5.37. The molecule has 0 radical (unpaired) electrons. The second kappa shape index (κ2) is 10.7. The number of aromatic nitrogens is 1. The Morgan fingerprint density at radius 1 is 0.970 bits per heavy atom. The van der Waals surface area contributed by atoms with E-state index in [0.29, 0.717) is 12.0 Å². The molecule has 3 aromatic rings. The van der Waals surface area contributed by atoms with E-state index in [-0.39, 0.29) is 18.0 Å². The lowest BCUT2D eigenvalue weighted by molar-refractivity contribution is -0.137. The first kappa shape index (κ1) is 23.9. The Kier molecular flexibility index (Phi) is 7.77. The zero-order valence-electron chi connectivity index (χ0n) is 19.0. The molecule has 2 atom stereocenters. The van der Waals surface area contributed by atoms with Crippen LogP contribution in [0.1, 0.15) is 54.3 Å². The Bertz CT molecular complexity index is 1140. The van der Waals surface area contributed by atoms with Gasteiger partial charge in [-0.2, -0.15) is 0 Å². The highest BCUT2D eigenvalue weighted by Crippen LogP contribution is 2.19. The Balaban J connectivity index is 1.79. The van der Waals surface area contributed by atoms with E-state index >= 15 is 0 Å². The molecule has 33 heavy (non-hydrogen) atoms. The van der Waals surface area contributed by atoms with Crippen LogP contribution >= 0.6 is 0 Å². The minimum atomic E-state index is -1.02. The van der Waals surface area contributed by atoms with Crippen LogP contribution in [-0.2, 0) is 9.59 Å². The number of hydrogen-bond acceptors (Lipinski definition) is 4. The Morgan fingerprint density at radius 3 is 2.27 bits per heavy atom. The summed E-state index contributed by atoms with van der Waals surface area (Å²) in [6.07, 6.45) is 1.77. The molecule has 0 saturated heterocycles. The SMILES string of the molecule is Cc1ccc(C(CC(=O)O)NC(=O)C(CC(C)C)NC(=O)c2cc3ccccc3cn2)cc1. The van der Waals surface area contributed by atoms with Gasteiger partial charge in [0.15, 0.2) is 0 Å².